The molecule has 3 heteroatoms. The molecule has 0 N–H and O–H groups in total. The Morgan fingerprint density at radius 2 is 2.20 bits per heavy atom. The molecular formula is C7H16N2O. The highest BCUT2D eigenvalue weighted by molar-refractivity contribution is 4.72. The molecule has 60 valence electrons. The van der Waals surface area contributed by atoms with Crippen molar-refractivity contribution >= 4 is 0 Å². The molecule has 10 heavy (non-hydrogen) atoms. The Bertz CT molecular complexity index is 106. The van der Waals surface area contributed by atoms with Crippen LogP contribution in [0.15, 0.2) is 0 Å². The quantitative estimate of drug-likeness (QED) is 0.550. The molecule has 3 nitrogen and oxygen atoms in total. The Kier molecular flexibility index (Phi) is 2.65. The van der Waals surface area contributed by atoms with Crippen LogP contribution in [-0.2, 0) is 4.74 Å². The smallest absolute Gasteiger partial charge is 0.0725 e. The number of hydrazine groups is 1. The molecule has 1 aliphatic heterocycles. The molecule has 0 aromatic carbocycles. The van der Waals surface area contributed by atoms with E-state index in [-0.39, 0.29) is 0 Å². The van der Waals surface area contributed by atoms with E-state index in [9.17, 15) is 0 Å². The molecule has 0 amide bonds. The van der Waals surface area contributed by atoms with Crippen molar-refractivity contribution in [1.82, 2.24) is 10.0 Å². The molecule has 0 bridgehead atoms. The maximum Gasteiger partial charge on any atom is 0.0725 e. The van der Waals surface area contributed by atoms with Gasteiger partial charge < -0.3 is 4.74 Å². The van der Waals surface area contributed by atoms with Crippen molar-refractivity contribution in [2.24, 2.45) is 0 Å². The van der Waals surface area contributed by atoms with Crippen molar-refractivity contribution in [3.63, 3.8) is 0 Å². The summed E-state index contributed by atoms with van der Waals surface area (Å²) in [7, 11) is 5.92. The summed E-state index contributed by atoms with van der Waals surface area (Å²) in [5.41, 5.74) is 0. The SMILES string of the molecule is COC1CCN(N(C)C)C1. The number of nitrogens with zero attached hydrogens (tertiary/aromatic N) is 2. The fraction of sp³-hybridized carbons (Fsp3) is 1.00. The Morgan fingerprint density at radius 3 is 2.50 bits per heavy atom. The number of methoxy groups -OCH3 is 1. The lowest BCUT2D eigenvalue weighted by Gasteiger charge is -2.23. The average Bonchev–Trinajstić information content (AvgIpc) is 2.34. The van der Waals surface area contributed by atoms with Crippen LogP contribution >= 0.6 is 0 Å². The predicted octanol–water partition coefficient (Wildman–Crippen LogP) is 0.184. The summed E-state index contributed by atoms with van der Waals surface area (Å²) in [5.74, 6) is 0. The van der Waals surface area contributed by atoms with E-state index in [1.807, 2.05) is 0 Å². The maximum atomic E-state index is 5.22. The van der Waals surface area contributed by atoms with Gasteiger partial charge in [0.1, 0.15) is 0 Å². The van der Waals surface area contributed by atoms with Crippen molar-refractivity contribution in [3.8, 4) is 0 Å². The van der Waals surface area contributed by atoms with Crippen LogP contribution in [0.4, 0.5) is 0 Å². The molecule has 0 radical (unpaired) electrons. The van der Waals surface area contributed by atoms with E-state index < -0.39 is 0 Å². The van der Waals surface area contributed by atoms with Crippen molar-refractivity contribution in [3.05, 3.63) is 0 Å². The van der Waals surface area contributed by atoms with Crippen LogP contribution in [0.2, 0.25) is 0 Å². The highest BCUT2D eigenvalue weighted by atomic mass is 16.5. The second-order valence-electron chi connectivity index (χ2n) is 2.91. The predicted molar refractivity (Wildman–Crippen MR) is 40.7 cm³/mol. The van der Waals surface area contributed by atoms with Gasteiger partial charge in [-0.25, -0.2) is 10.0 Å². The Morgan fingerprint density at radius 1 is 1.50 bits per heavy atom. The van der Waals surface area contributed by atoms with Crippen LogP contribution in [0.25, 0.3) is 0 Å². The van der Waals surface area contributed by atoms with Crippen molar-refractivity contribution in [2.45, 2.75) is 12.5 Å². The molecule has 0 aliphatic carbocycles. The second-order valence-corrected chi connectivity index (χ2v) is 2.91. The molecule has 1 heterocycles. The molecule has 1 rings (SSSR count). The maximum absolute atomic E-state index is 5.22. The minimum absolute atomic E-state index is 0.447. The fourth-order valence-corrected chi connectivity index (χ4v) is 1.27. The lowest BCUT2D eigenvalue weighted by atomic mass is 10.3. The molecule has 1 unspecified atom stereocenters. The first-order chi connectivity index (χ1) is 4.74. The summed E-state index contributed by atoms with van der Waals surface area (Å²) in [5, 5.41) is 4.41. The van der Waals surface area contributed by atoms with E-state index in [1.54, 1.807) is 7.11 Å². The fourth-order valence-electron chi connectivity index (χ4n) is 1.27. The summed E-state index contributed by atoms with van der Waals surface area (Å²) < 4.78 is 5.22. The Hall–Kier alpha value is -0.120. The minimum atomic E-state index is 0.447. The highest BCUT2D eigenvalue weighted by Gasteiger charge is 2.22. The summed E-state index contributed by atoms with van der Waals surface area (Å²) in [6.45, 7) is 2.18. The van der Waals surface area contributed by atoms with E-state index in [0.29, 0.717) is 6.10 Å². The van der Waals surface area contributed by atoms with E-state index >= 15 is 0 Å². The first-order valence-corrected chi connectivity index (χ1v) is 3.69. The highest BCUT2D eigenvalue weighted by Crippen LogP contribution is 2.11. The third-order valence-electron chi connectivity index (χ3n) is 2.02. The zero-order valence-corrected chi connectivity index (χ0v) is 7.00. The summed E-state index contributed by atoms with van der Waals surface area (Å²) in [6.07, 6.45) is 1.61. The van der Waals surface area contributed by atoms with Gasteiger partial charge in [0, 0.05) is 34.3 Å². The van der Waals surface area contributed by atoms with Gasteiger partial charge in [-0.3, -0.25) is 0 Å². The van der Waals surface area contributed by atoms with Crippen molar-refractivity contribution in [1.29, 1.82) is 0 Å². The van der Waals surface area contributed by atoms with E-state index in [1.165, 1.54) is 0 Å². The van der Waals surface area contributed by atoms with Gasteiger partial charge in [-0.15, -0.1) is 0 Å². The van der Waals surface area contributed by atoms with Gasteiger partial charge in [0.05, 0.1) is 6.10 Å². The van der Waals surface area contributed by atoms with Crippen LogP contribution in [0.5, 0.6) is 0 Å². The van der Waals surface area contributed by atoms with E-state index in [2.05, 4.69) is 24.1 Å². The monoisotopic (exact) mass is 144 g/mol. The molecule has 0 aromatic heterocycles. The van der Waals surface area contributed by atoms with Crippen molar-refractivity contribution in [2.75, 3.05) is 34.3 Å². The molecule has 1 fully saturated rings. The molecule has 1 saturated heterocycles. The largest absolute Gasteiger partial charge is 0.380 e. The second kappa shape index (κ2) is 3.32. The minimum Gasteiger partial charge on any atom is -0.380 e. The van der Waals surface area contributed by atoms with Crippen LogP contribution in [0, 0.1) is 0 Å². The van der Waals surface area contributed by atoms with Gasteiger partial charge in [0.15, 0.2) is 0 Å². The Labute approximate surface area is 62.5 Å². The van der Waals surface area contributed by atoms with Crippen LogP contribution in [0.3, 0.4) is 0 Å². The molecule has 0 spiro atoms. The standard InChI is InChI=1S/C7H16N2O/c1-8(2)9-5-4-7(6-9)10-3/h7H,4-6H2,1-3H3. The van der Waals surface area contributed by atoms with E-state index in [0.717, 1.165) is 19.5 Å². The molecule has 0 aromatic rings. The molecular weight excluding hydrogens is 128 g/mol. The summed E-state index contributed by atoms with van der Waals surface area (Å²) >= 11 is 0. The summed E-state index contributed by atoms with van der Waals surface area (Å²) in [4.78, 5) is 0. The lowest BCUT2D eigenvalue weighted by Crippen LogP contribution is -2.35. The third-order valence-corrected chi connectivity index (χ3v) is 2.02. The topological polar surface area (TPSA) is 15.7 Å². The van der Waals surface area contributed by atoms with Crippen LogP contribution in [0.1, 0.15) is 6.42 Å². The van der Waals surface area contributed by atoms with Gasteiger partial charge in [-0.05, 0) is 6.42 Å². The zero-order chi connectivity index (χ0) is 7.56. The van der Waals surface area contributed by atoms with Gasteiger partial charge in [0.2, 0.25) is 0 Å². The first-order valence-electron chi connectivity index (χ1n) is 3.69. The van der Waals surface area contributed by atoms with Crippen molar-refractivity contribution < 1.29 is 4.74 Å². The third kappa shape index (κ3) is 1.68. The Balaban J connectivity index is 2.28. The van der Waals surface area contributed by atoms with Gasteiger partial charge in [0.25, 0.3) is 0 Å². The molecule has 1 aliphatic rings. The molecule has 1 atom stereocenters. The molecule has 0 saturated carbocycles. The zero-order valence-electron chi connectivity index (χ0n) is 7.00. The lowest BCUT2D eigenvalue weighted by molar-refractivity contribution is 0.0273. The van der Waals surface area contributed by atoms with Crippen LogP contribution < -0.4 is 0 Å². The van der Waals surface area contributed by atoms with E-state index in [4.69, 9.17) is 4.74 Å². The number of hydrogen-bond acceptors (Lipinski definition) is 3. The summed E-state index contributed by atoms with van der Waals surface area (Å²) in [6, 6.07) is 0. The van der Waals surface area contributed by atoms with Gasteiger partial charge in [-0.1, -0.05) is 0 Å². The van der Waals surface area contributed by atoms with Gasteiger partial charge >= 0.3 is 0 Å². The number of rotatable bonds is 2. The van der Waals surface area contributed by atoms with Crippen LogP contribution in [-0.4, -0.2) is 50.4 Å². The normalized spacial score (nSPS) is 28.2. The number of hydrogen-bond donors (Lipinski definition) is 0. The average molecular weight is 144 g/mol. The number of ether oxygens (including phenoxy) is 1. The first kappa shape index (κ1) is 7.98. The van der Waals surface area contributed by atoms with Gasteiger partial charge in [-0.2, -0.15) is 0 Å².